The molecule has 9 heteroatoms. The summed E-state index contributed by atoms with van der Waals surface area (Å²) in [5.74, 6) is 0. The van der Waals surface area contributed by atoms with Gasteiger partial charge in [-0.2, -0.15) is 18.4 Å². The number of aryl methyl sites for hydroxylation is 1. The van der Waals surface area contributed by atoms with Crippen LogP contribution in [0.25, 0.3) is 0 Å². The van der Waals surface area contributed by atoms with Gasteiger partial charge in [0.1, 0.15) is 0 Å². The molecule has 2 aromatic rings. The van der Waals surface area contributed by atoms with Crippen LogP contribution < -0.4 is 4.83 Å². The first-order chi connectivity index (χ1) is 11.2. The molecule has 0 spiro atoms. The summed E-state index contributed by atoms with van der Waals surface area (Å²) >= 11 is 5.88. The van der Waals surface area contributed by atoms with Crippen LogP contribution >= 0.6 is 11.6 Å². The van der Waals surface area contributed by atoms with Crippen molar-refractivity contribution in [3.8, 4) is 0 Å². The number of rotatable bonds is 5. The second-order valence-electron chi connectivity index (χ2n) is 5.01. The topological polar surface area (TPSA) is 102 Å². The molecule has 0 aliphatic rings. The van der Waals surface area contributed by atoms with Crippen molar-refractivity contribution in [2.24, 2.45) is 5.10 Å². The summed E-state index contributed by atoms with van der Waals surface area (Å²) in [7, 11) is -4.02. The van der Waals surface area contributed by atoms with Crippen LogP contribution in [-0.2, 0) is 10.0 Å². The summed E-state index contributed by atoms with van der Waals surface area (Å²) in [5, 5.41) is 15.3. The summed E-state index contributed by atoms with van der Waals surface area (Å²) in [6.45, 7) is 3.15. The van der Waals surface area contributed by atoms with E-state index in [1.54, 1.807) is 31.2 Å². The lowest BCUT2D eigenvalue weighted by molar-refractivity contribution is -0.385. The van der Waals surface area contributed by atoms with E-state index in [4.69, 9.17) is 11.6 Å². The highest BCUT2D eigenvalue weighted by atomic mass is 35.5. The third-order valence-corrected chi connectivity index (χ3v) is 4.70. The minimum atomic E-state index is -4.02. The average molecular weight is 368 g/mol. The summed E-state index contributed by atoms with van der Waals surface area (Å²) in [4.78, 5) is 12.1. The maximum atomic E-state index is 12.3. The molecule has 0 amide bonds. The fraction of sp³-hybridized carbons (Fsp3) is 0.133. The summed E-state index contributed by atoms with van der Waals surface area (Å²) < 4.78 is 24.5. The monoisotopic (exact) mass is 367 g/mol. The molecular formula is C15H14ClN3O4S. The van der Waals surface area contributed by atoms with E-state index in [1.165, 1.54) is 19.1 Å². The quantitative estimate of drug-likeness (QED) is 0.497. The molecule has 1 N–H and O–H groups in total. The van der Waals surface area contributed by atoms with Crippen LogP contribution in [-0.4, -0.2) is 19.1 Å². The van der Waals surface area contributed by atoms with Gasteiger partial charge in [0.15, 0.2) is 0 Å². The largest absolute Gasteiger partial charge is 0.276 e. The Bertz CT molecular complexity index is 926. The van der Waals surface area contributed by atoms with Crippen molar-refractivity contribution in [1.82, 2.24) is 4.83 Å². The summed E-state index contributed by atoms with van der Waals surface area (Å²) in [6, 6.07) is 10.4. The van der Waals surface area contributed by atoms with Crippen molar-refractivity contribution in [1.29, 1.82) is 0 Å². The third-order valence-electron chi connectivity index (χ3n) is 3.26. The molecule has 0 aromatic heterocycles. The number of sulfonamides is 1. The molecule has 0 bridgehead atoms. The van der Waals surface area contributed by atoms with Crippen LogP contribution in [0.5, 0.6) is 0 Å². The maximum absolute atomic E-state index is 12.3. The lowest BCUT2D eigenvalue weighted by atomic mass is 10.1. The number of nitro groups is 1. The average Bonchev–Trinajstić information content (AvgIpc) is 2.52. The van der Waals surface area contributed by atoms with Crippen molar-refractivity contribution < 1.29 is 13.3 Å². The van der Waals surface area contributed by atoms with E-state index in [2.05, 4.69) is 9.93 Å². The fourth-order valence-corrected chi connectivity index (χ4v) is 2.98. The molecule has 126 valence electrons. The van der Waals surface area contributed by atoms with E-state index < -0.39 is 14.9 Å². The second kappa shape index (κ2) is 6.98. The Kier molecular flexibility index (Phi) is 5.20. The SMILES string of the molecule is C/C(=N/NS(=O)(=O)c1ccc(C)c([N+](=O)[O-])c1)c1cccc(Cl)c1. The van der Waals surface area contributed by atoms with Crippen LogP contribution in [0.3, 0.4) is 0 Å². The summed E-state index contributed by atoms with van der Waals surface area (Å²) in [6.07, 6.45) is 0. The van der Waals surface area contributed by atoms with Gasteiger partial charge in [0.05, 0.1) is 15.5 Å². The Balaban J connectivity index is 2.30. The van der Waals surface area contributed by atoms with Gasteiger partial charge in [-0.15, -0.1) is 0 Å². The highest BCUT2D eigenvalue weighted by Gasteiger charge is 2.19. The smallest absolute Gasteiger partial charge is 0.258 e. The Morgan fingerprint density at radius 1 is 1.25 bits per heavy atom. The number of halogens is 1. The predicted molar refractivity (Wildman–Crippen MR) is 91.8 cm³/mol. The van der Waals surface area contributed by atoms with E-state index in [9.17, 15) is 18.5 Å². The lowest BCUT2D eigenvalue weighted by Gasteiger charge is -2.06. The van der Waals surface area contributed by atoms with Crippen LogP contribution in [0.2, 0.25) is 5.02 Å². The zero-order chi connectivity index (χ0) is 17.9. The molecule has 0 aliphatic heterocycles. The normalized spacial score (nSPS) is 12.0. The van der Waals surface area contributed by atoms with E-state index in [0.717, 1.165) is 6.07 Å². The molecule has 0 fully saturated rings. The number of benzene rings is 2. The van der Waals surface area contributed by atoms with Gasteiger partial charge in [-0.3, -0.25) is 10.1 Å². The van der Waals surface area contributed by atoms with Crippen LogP contribution in [0.4, 0.5) is 5.69 Å². The Morgan fingerprint density at radius 2 is 1.96 bits per heavy atom. The Labute approximate surface area is 144 Å². The van der Waals surface area contributed by atoms with Gasteiger partial charge in [-0.05, 0) is 37.6 Å². The van der Waals surface area contributed by atoms with E-state index >= 15 is 0 Å². The standard InChI is InChI=1S/C15H14ClN3O4S/c1-10-6-7-14(9-15(10)19(20)21)24(22,23)18-17-11(2)12-4-3-5-13(16)8-12/h3-9,18H,1-2H3/b17-11-. The van der Waals surface area contributed by atoms with Crippen LogP contribution in [0.1, 0.15) is 18.1 Å². The van der Waals surface area contributed by atoms with Gasteiger partial charge >= 0.3 is 0 Å². The van der Waals surface area contributed by atoms with E-state index in [0.29, 0.717) is 21.9 Å². The van der Waals surface area contributed by atoms with Gasteiger partial charge in [0.2, 0.25) is 0 Å². The number of hydrazone groups is 1. The molecule has 2 rings (SSSR count). The second-order valence-corrected chi connectivity index (χ2v) is 7.10. The molecule has 0 heterocycles. The molecule has 0 saturated heterocycles. The molecule has 7 nitrogen and oxygen atoms in total. The molecule has 0 saturated carbocycles. The van der Waals surface area contributed by atoms with Crippen LogP contribution in [0, 0.1) is 17.0 Å². The molecule has 0 atom stereocenters. The molecule has 0 aliphatic carbocycles. The highest BCUT2D eigenvalue weighted by molar-refractivity contribution is 7.89. The van der Waals surface area contributed by atoms with Crippen molar-refractivity contribution in [2.75, 3.05) is 0 Å². The number of nitrogens with zero attached hydrogens (tertiary/aromatic N) is 2. The fourth-order valence-electron chi connectivity index (χ4n) is 1.91. The number of nitro benzene ring substituents is 1. The molecule has 0 unspecified atom stereocenters. The minimum Gasteiger partial charge on any atom is -0.258 e. The number of hydrogen-bond donors (Lipinski definition) is 1. The number of hydrogen-bond acceptors (Lipinski definition) is 5. The first-order valence-corrected chi connectivity index (χ1v) is 8.64. The van der Waals surface area contributed by atoms with Gasteiger partial charge in [0.25, 0.3) is 15.7 Å². The predicted octanol–water partition coefficient (Wildman–Crippen LogP) is 3.26. The zero-order valence-corrected chi connectivity index (χ0v) is 14.4. The Hall–Kier alpha value is -2.45. The van der Waals surface area contributed by atoms with Gasteiger partial charge in [-0.1, -0.05) is 29.8 Å². The third kappa shape index (κ3) is 4.09. The minimum absolute atomic E-state index is 0.234. The Morgan fingerprint density at radius 3 is 2.58 bits per heavy atom. The first-order valence-electron chi connectivity index (χ1n) is 6.78. The molecule has 2 aromatic carbocycles. The highest BCUT2D eigenvalue weighted by Crippen LogP contribution is 2.22. The zero-order valence-electron chi connectivity index (χ0n) is 12.9. The van der Waals surface area contributed by atoms with Crippen molar-refractivity contribution >= 4 is 33.0 Å². The van der Waals surface area contributed by atoms with Gasteiger partial charge < -0.3 is 0 Å². The van der Waals surface area contributed by atoms with E-state index in [-0.39, 0.29) is 10.6 Å². The maximum Gasteiger partial charge on any atom is 0.276 e. The molecule has 24 heavy (non-hydrogen) atoms. The lowest BCUT2D eigenvalue weighted by Crippen LogP contribution is -2.20. The van der Waals surface area contributed by atoms with Gasteiger partial charge in [0, 0.05) is 16.7 Å². The van der Waals surface area contributed by atoms with Crippen molar-refractivity contribution in [2.45, 2.75) is 18.7 Å². The van der Waals surface area contributed by atoms with Crippen molar-refractivity contribution in [3.05, 3.63) is 68.7 Å². The van der Waals surface area contributed by atoms with Crippen molar-refractivity contribution in [3.63, 3.8) is 0 Å². The van der Waals surface area contributed by atoms with E-state index in [1.807, 2.05) is 0 Å². The van der Waals surface area contributed by atoms with Gasteiger partial charge in [-0.25, -0.2) is 0 Å². The number of nitrogens with one attached hydrogen (secondary N) is 1. The molecular weight excluding hydrogens is 354 g/mol. The first kappa shape index (κ1) is 17.9. The summed E-state index contributed by atoms with van der Waals surface area (Å²) in [5.41, 5.74) is 1.16. The molecule has 0 radical (unpaired) electrons. The van der Waals surface area contributed by atoms with Crippen LogP contribution in [0.15, 0.2) is 52.5 Å².